The molecule has 2 aromatic carbocycles. The van der Waals surface area contributed by atoms with Crippen molar-refractivity contribution in [1.82, 2.24) is 24.3 Å². The van der Waals surface area contributed by atoms with E-state index in [9.17, 15) is 14.3 Å². The summed E-state index contributed by atoms with van der Waals surface area (Å²) in [5.41, 5.74) is 1.40. The van der Waals surface area contributed by atoms with Gasteiger partial charge < -0.3 is 24.0 Å². The van der Waals surface area contributed by atoms with Gasteiger partial charge in [-0.25, -0.2) is 18.6 Å². The van der Waals surface area contributed by atoms with Gasteiger partial charge in [0.1, 0.15) is 47.0 Å². The Morgan fingerprint density at radius 1 is 1.17 bits per heavy atom. The molecular formula is C34H30F2N6O4. The molecule has 0 saturated carbocycles. The Bertz CT molecular complexity index is 2220. The maximum Gasteiger partial charge on any atom is 0.349 e. The zero-order valence-corrected chi connectivity index (χ0v) is 25.0. The third-order valence-corrected chi connectivity index (χ3v) is 9.29. The Kier molecular flexibility index (Phi) is 6.64. The molecule has 0 aliphatic carbocycles. The van der Waals surface area contributed by atoms with Crippen molar-refractivity contribution in [3.63, 3.8) is 0 Å². The maximum atomic E-state index is 15.2. The van der Waals surface area contributed by atoms with Gasteiger partial charge >= 0.3 is 11.6 Å². The van der Waals surface area contributed by atoms with E-state index in [0.717, 1.165) is 30.6 Å². The molecule has 0 spiro atoms. The number of alkyl halides is 1. The van der Waals surface area contributed by atoms with Crippen molar-refractivity contribution < 1.29 is 23.0 Å². The van der Waals surface area contributed by atoms with Crippen LogP contribution in [0.25, 0.3) is 38.6 Å². The zero-order chi connectivity index (χ0) is 31.6. The van der Waals surface area contributed by atoms with Crippen LogP contribution in [0.4, 0.5) is 14.6 Å². The van der Waals surface area contributed by atoms with Gasteiger partial charge in [0.05, 0.1) is 11.1 Å². The van der Waals surface area contributed by atoms with Crippen LogP contribution in [0.5, 0.6) is 11.8 Å². The maximum absolute atomic E-state index is 15.2. The number of halogens is 2. The van der Waals surface area contributed by atoms with Crippen LogP contribution in [0, 0.1) is 12.7 Å². The van der Waals surface area contributed by atoms with Gasteiger partial charge in [0.2, 0.25) is 0 Å². The van der Waals surface area contributed by atoms with Crippen LogP contribution in [-0.2, 0) is 6.54 Å². The van der Waals surface area contributed by atoms with E-state index >= 15 is 4.39 Å². The highest BCUT2D eigenvalue weighted by atomic mass is 19.1. The minimum Gasteiger partial charge on any atom is -0.508 e. The lowest BCUT2D eigenvalue weighted by Crippen LogP contribution is -2.43. The number of hydrogen-bond donors (Lipinski definition) is 2. The van der Waals surface area contributed by atoms with E-state index in [0.29, 0.717) is 30.5 Å². The summed E-state index contributed by atoms with van der Waals surface area (Å²) >= 11 is 0. The molecule has 0 unspecified atom stereocenters. The number of hydrogen-bond acceptors (Lipinski definition) is 9. The predicted octanol–water partition coefficient (Wildman–Crippen LogP) is 5.77. The molecule has 2 aliphatic rings. The number of rotatable bonds is 7. The van der Waals surface area contributed by atoms with E-state index in [4.69, 9.17) is 9.15 Å². The fourth-order valence-electron chi connectivity index (χ4n) is 7.12. The van der Waals surface area contributed by atoms with Crippen molar-refractivity contribution in [3.8, 4) is 23.1 Å². The smallest absolute Gasteiger partial charge is 0.349 e. The monoisotopic (exact) mass is 624 g/mol. The second kappa shape index (κ2) is 10.8. The first-order chi connectivity index (χ1) is 22.3. The summed E-state index contributed by atoms with van der Waals surface area (Å²) < 4.78 is 43.6. The number of aromatic nitrogens is 4. The Labute approximate surface area is 261 Å². The van der Waals surface area contributed by atoms with Crippen LogP contribution in [0.1, 0.15) is 30.4 Å². The molecule has 10 nitrogen and oxygen atoms in total. The molecule has 2 atom stereocenters. The summed E-state index contributed by atoms with van der Waals surface area (Å²) in [6.07, 6.45) is 6.68. The van der Waals surface area contributed by atoms with Gasteiger partial charge in [0.25, 0.3) is 0 Å². The molecule has 6 heterocycles. The summed E-state index contributed by atoms with van der Waals surface area (Å²) in [4.78, 5) is 29.5. The average Bonchev–Trinajstić information content (AvgIpc) is 3.74. The van der Waals surface area contributed by atoms with Crippen LogP contribution in [0.3, 0.4) is 0 Å². The highest BCUT2D eigenvalue weighted by molar-refractivity contribution is 6.00. The molecule has 8 rings (SSSR count). The Hall–Kier alpha value is -5.10. The molecule has 0 amide bonds. The first-order valence-corrected chi connectivity index (χ1v) is 15.2. The molecule has 2 N–H and O–H groups in total. The van der Waals surface area contributed by atoms with E-state index in [2.05, 4.69) is 25.2 Å². The van der Waals surface area contributed by atoms with Crippen molar-refractivity contribution in [3.05, 3.63) is 88.4 Å². The van der Waals surface area contributed by atoms with Crippen LogP contribution in [0.15, 0.2) is 70.3 Å². The summed E-state index contributed by atoms with van der Waals surface area (Å²) in [6.45, 7) is 3.41. The summed E-state index contributed by atoms with van der Waals surface area (Å²) in [7, 11) is 0. The van der Waals surface area contributed by atoms with Crippen molar-refractivity contribution >= 4 is 33.1 Å². The van der Waals surface area contributed by atoms with Crippen LogP contribution in [-0.4, -0.2) is 60.8 Å². The lowest BCUT2D eigenvalue weighted by atomic mass is 9.95. The van der Waals surface area contributed by atoms with Crippen molar-refractivity contribution in [2.45, 2.75) is 44.4 Å². The lowest BCUT2D eigenvalue weighted by Gasteiger charge is -2.30. The van der Waals surface area contributed by atoms with Crippen LogP contribution >= 0.6 is 0 Å². The van der Waals surface area contributed by atoms with Crippen LogP contribution in [0.2, 0.25) is 0 Å². The number of benzene rings is 2. The predicted molar refractivity (Wildman–Crippen MR) is 168 cm³/mol. The van der Waals surface area contributed by atoms with Gasteiger partial charge in [0.15, 0.2) is 0 Å². The third-order valence-electron chi connectivity index (χ3n) is 9.29. The zero-order valence-electron chi connectivity index (χ0n) is 25.0. The molecular weight excluding hydrogens is 594 g/mol. The van der Waals surface area contributed by atoms with Gasteiger partial charge in [-0.1, -0.05) is 12.1 Å². The summed E-state index contributed by atoms with van der Waals surface area (Å²) in [6, 6.07) is 11.2. The fraction of sp³-hybridized carbons (Fsp3) is 0.294. The van der Waals surface area contributed by atoms with Gasteiger partial charge in [-0.15, -0.1) is 0 Å². The number of phenols is 1. The molecule has 4 aromatic heterocycles. The molecule has 2 fully saturated rings. The molecule has 0 radical (unpaired) electrons. The largest absolute Gasteiger partial charge is 0.508 e. The first-order valence-electron chi connectivity index (χ1n) is 15.2. The van der Waals surface area contributed by atoms with E-state index in [1.807, 2.05) is 28.9 Å². The van der Waals surface area contributed by atoms with Crippen molar-refractivity contribution in [1.29, 1.82) is 0 Å². The highest BCUT2D eigenvalue weighted by Gasteiger charge is 2.49. The molecule has 2 saturated heterocycles. The molecule has 0 bridgehead atoms. The average molecular weight is 625 g/mol. The van der Waals surface area contributed by atoms with Gasteiger partial charge in [-0.05, 0) is 67.6 Å². The normalized spacial score (nSPS) is 19.8. The molecule has 6 aromatic rings. The Morgan fingerprint density at radius 2 is 2.07 bits per heavy atom. The second-order valence-electron chi connectivity index (χ2n) is 12.2. The van der Waals surface area contributed by atoms with E-state index < -0.39 is 23.2 Å². The number of phenolic OH excluding ortho intramolecular Hbond substituents is 1. The molecule has 2 aliphatic heterocycles. The number of fused-ring (bicyclic) bond motifs is 4. The Balaban J connectivity index is 1.25. The third kappa shape index (κ3) is 4.71. The first kappa shape index (κ1) is 28.4. The highest BCUT2D eigenvalue weighted by Crippen LogP contribution is 2.41. The number of aryl methyl sites for hydroxylation is 1. The molecule has 46 heavy (non-hydrogen) atoms. The Morgan fingerprint density at radius 3 is 2.96 bits per heavy atom. The standard InChI is InChI=1S/C34H30F2N6O4/c1-19-29-28(32(44)46-30(19)24-14-23(43)13-21-4-2-5-25(36)27(21)24)31(38-16-20-6-10-41-11-8-37-26(41)12-20)40-33(39-29)45-18-34-7-3-9-42(34)17-22(35)15-34/h2,4-6,8,10-14,22,43H,3,7,9,15-18H2,1H3,(H,38,39,40)/t22-,34+/m1/s1. The van der Waals surface area contributed by atoms with E-state index in [1.165, 1.54) is 18.2 Å². The SMILES string of the molecule is Cc1c(-c2cc(O)cc3cccc(F)c23)oc(=O)c2c(NCc3ccn4ccnc4c3)nc(OC[C@@]34CCCN3C[C@H](F)C4)nc12. The minimum absolute atomic E-state index is 0.0221. The molecule has 234 valence electrons. The number of nitrogens with one attached hydrogen (secondary N) is 1. The summed E-state index contributed by atoms with van der Waals surface area (Å²) in [5, 5.41) is 14.5. The quantitative estimate of drug-likeness (QED) is 0.228. The summed E-state index contributed by atoms with van der Waals surface area (Å²) in [5.74, 6) is -0.363. The van der Waals surface area contributed by atoms with Crippen LogP contribution < -0.4 is 15.7 Å². The number of aromatic hydroxyl groups is 1. The van der Waals surface area contributed by atoms with Crippen molar-refractivity contribution in [2.24, 2.45) is 0 Å². The fourth-order valence-corrected chi connectivity index (χ4v) is 7.12. The number of nitrogens with zero attached hydrogens (tertiary/aromatic N) is 5. The van der Waals surface area contributed by atoms with E-state index in [-0.39, 0.29) is 51.8 Å². The van der Waals surface area contributed by atoms with Gasteiger partial charge in [0, 0.05) is 54.6 Å². The lowest BCUT2D eigenvalue weighted by molar-refractivity contribution is 0.107. The van der Waals surface area contributed by atoms with Gasteiger partial charge in [-0.2, -0.15) is 9.97 Å². The van der Waals surface area contributed by atoms with E-state index in [1.54, 1.807) is 25.3 Å². The van der Waals surface area contributed by atoms with Crippen molar-refractivity contribution in [2.75, 3.05) is 25.0 Å². The van der Waals surface area contributed by atoms with Gasteiger partial charge in [-0.3, -0.25) is 4.90 Å². The number of pyridine rings is 1. The number of imidazole rings is 1. The second-order valence-corrected chi connectivity index (χ2v) is 12.2. The molecule has 12 heteroatoms. The minimum atomic E-state index is -0.919. The topological polar surface area (TPSA) is 118 Å². The number of ether oxygens (including phenoxy) is 1. The number of anilines is 1.